The first-order chi connectivity index (χ1) is 6.11. The minimum Gasteiger partial charge on any atom is -0.394 e. The maximum atomic E-state index is 4.90. The van der Waals surface area contributed by atoms with E-state index in [0.717, 1.165) is 6.42 Å². The zero-order valence-corrected chi connectivity index (χ0v) is 12.1. The van der Waals surface area contributed by atoms with Gasteiger partial charge in [-0.25, -0.2) is 0 Å². The fourth-order valence-corrected chi connectivity index (χ4v) is 1.24. The summed E-state index contributed by atoms with van der Waals surface area (Å²) in [6, 6.07) is 0. The molecule has 1 atom stereocenters. The van der Waals surface area contributed by atoms with Gasteiger partial charge in [0.2, 0.25) is 0 Å². The summed E-state index contributed by atoms with van der Waals surface area (Å²) in [6.07, 6.45) is 8.05. The Bertz CT molecular complexity index is 223. The van der Waals surface area contributed by atoms with E-state index >= 15 is 0 Å². The summed E-state index contributed by atoms with van der Waals surface area (Å²) in [7, 11) is 0. The monoisotopic (exact) mass is 263 g/mol. The van der Waals surface area contributed by atoms with Crippen molar-refractivity contribution in [3.63, 3.8) is 0 Å². The molecule has 1 aliphatic rings. The van der Waals surface area contributed by atoms with Gasteiger partial charge in [-0.2, -0.15) is 0 Å². The van der Waals surface area contributed by atoms with Gasteiger partial charge in [-0.15, -0.1) is 6.92 Å². The molecule has 0 nitrogen and oxygen atoms in total. The van der Waals surface area contributed by atoms with Gasteiger partial charge in [-0.3, -0.25) is 0 Å². The molecule has 0 heterocycles. The first-order valence-electron chi connectivity index (χ1n) is 4.50. The second kappa shape index (κ2) is 9.61. The second-order valence-electron chi connectivity index (χ2n) is 3.34. The second-order valence-corrected chi connectivity index (χ2v) is 3.34. The van der Waals surface area contributed by atoms with E-state index in [1.165, 1.54) is 23.6 Å². The van der Waals surface area contributed by atoms with Crippen LogP contribution in [0.25, 0.3) is 0 Å². The third-order valence-corrected chi connectivity index (χ3v) is 2.03. The molecule has 75 valence electrons. The smallest absolute Gasteiger partial charge is 0 e. The zero-order valence-electron chi connectivity index (χ0n) is 9.22. The van der Waals surface area contributed by atoms with Crippen molar-refractivity contribution < 1.29 is 32.7 Å². The van der Waals surface area contributed by atoms with Crippen LogP contribution in [0.2, 0.25) is 0 Å². The Balaban J connectivity index is 0. The summed E-state index contributed by atoms with van der Waals surface area (Å²) in [5, 5.41) is 0. The van der Waals surface area contributed by atoms with Crippen molar-refractivity contribution in [1.82, 2.24) is 0 Å². The van der Waals surface area contributed by atoms with Gasteiger partial charge in [-0.1, -0.05) is 31.2 Å². The number of rotatable bonds is 1. The van der Waals surface area contributed by atoms with Crippen LogP contribution in [0.15, 0.2) is 36.5 Å². The first kappa shape index (κ1) is 16.5. The summed E-state index contributed by atoms with van der Waals surface area (Å²) in [6.45, 7) is 16.7. The maximum Gasteiger partial charge on any atom is 0 e. The van der Waals surface area contributed by atoms with Gasteiger partial charge in [0.15, 0.2) is 0 Å². The molecule has 1 heteroatoms. The Morgan fingerprint density at radius 1 is 1.50 bits per heavy atom. The van der Waals surface area contributed by atoms with Crippen molar-refractivity contribution in [3.05, 3.63) is 49.1 Å². The Morgan fingerprint density at radius 2 is 2.07 bits per heavy atom. The molecule has 14 heavy (non-hydrogen) atoms. The molecule has 0 aromatic heterocycles. The Labute approximate surface area is 114 Å². The van der Waals surface area contributed by atoms with Gasteiger partial charge >= 0.3 is 0 Å². The van der Waals surface area contributed by atoms with E-state index in [1.807, 2.05) is 0 Å². The summed E-state index contributed by atoms with van der Waals surface area (Å²) >= 11 is 0. The maximum absolute atomic E-state index is 4.90. The fourth-order valence-electron chi connectivity index (χ4n) is 1.24. The number of hydrogen-bond acceptors (Lipinski definition) is 0. The standard InChI is InChI=1S/C8H12.C5H6.Y/c1-6-4-7(2)8(3)5-6;1-3-5-4-2;/h8H,1-2,4-5H2,3H3;1,3,5H,2H3;/q;-2;. The molecule has 1 rings (SSSR count). The minimum absolute atomic E-state index is 0. The van der Waals surface area contributed by atoms with Crippen molar-refractivity contribution in [2.24, 2.45) is 5.92 Å². The fraction of sp³-hybridized carbons (Fsp3) is 0.385. The van der Waals surface area contributed by atoms with Crippen LogP contribution in [-0.4, -0.2) is 0 Å². The van der Waals surface area contributed by atoms with Crippen molar-refractivity contribution >= 4 is 0 Å². The van der Waals surface area contributed by atoms with Crippen LogP contribution in [0.5, 0.6) is 0 Å². The van der Waals surface area contributed by atoms with Crippen molar-refractivity contribution in [1.29, 1.82) is 0 Å². The zero-order chi connectivity index (χ0) is 10.3. The normalized spacial score (nSPS) is 20.0. The van der Waals surface area contributed by atoms with E-state index in [1.54, 1.807) is 13.0 Å². The van der Waals surface area contributed by atoms with E-state index in [2.05, 4.69) is 26.2 Å². The summed E-state index contributed by atoms with van der Waals surface area (Å²) in [5.74, 6) is 0.697. The Kier molecular flexibility index (Phi) is 11.3. The molecule has 0 aromatic carbocycles. The third-order valence-electron chi connectivity index (χ3n) is 2.03. The van der Waals surface area contributed by atoms with E-state index < -0.39 is 0 Å². The molecule has 1 aliphatic carbocycles. The predicted molar refractivity (Wildman–Crippen MR) is 59.0 cm³/mol. The van der Waals surface area contributed by atoms with Crippen molar-refractivity contribution in [2.45, 2.75) is 26.7 Å². The molecule has 0 bridgehead atoms. The number of hydrogen-bond donors (Lipinski definition) is 0. The molecule has 1 radical (unpaired) electrons. The molecule has 0 saturated heterocycles. The van der Waals surface area contributed by atoms with Crippen LogP contribution >= 0.6 is 0 Å². The van der Waals surface area contributed by atoms with Crippen LogP contribution in [0, 0.1) is 18.6 Å². The predicted octanol–water partition coefficient (Wildman–Crippen LogP) is 3.88. The molecule has 0 aliphatic heterocycles. The molecule has 0 N–H and O–H groups in total. The topological polar surface area (TPSA) is 0 Å². The van der Waals surface area contributed by atoms with E-state index in [9.17, 15) is 0 Å². The van der Waals surface area contributed by atoms with Crippen LogP contribution in [0.1, 0.15) is 26.7 Å². The quantitative estimate of drug-likeness (QED) is 0.382. The Morgan fingerprint density at radius 3 is 2.14 bits per heavy atom. The van der Waals surface area contributed by atoms with Gasteiger partial charge in [-0.05, 0) is 18.8 Å². The SMILES string of the molecule is C=C1CC(=C)C(C)C1.[CH-]=CC=[C-]C.[Y]. The first-order valence-corrected chi connectivity index (χ1v) is 4.50. The van der Waals surface area contributed by atoms with Gasteiger partial charge in [0.25, 0.3) is 0 Å². The largest absolute Gasteiger partial charge is 0.394 e. The van der Waals surface area contributed by atoms with Gasteiger partial charge < -0.3 is 24.8 Å². The Hall–Kier alpha value is 0.0639. The van der Waals surface area contributed by atoms with Crippen LogP contribution in [0.3, 0.4) is 0 Å². The van der Waals surface area contributed by atoms with E-state index in [4.69, 9.17) is 6.58 Å². The van der Waals surface area contributed by atoms with E-state index in [0.29, 0.717) is 5.92 Å². The van der Waals surface area contributed by atoms with Crippen molar-refractivity contribution in [3.8, 4) is 0 Å². The molecular formula is C13H18Y-2. The minimum atomic E-state index is 0. The average molecular weight is 263 g/mol. The van der Waals surface area contributed by atoms with Crippen molar-refractivity contribution in [2.75, 3.05) is 0 Å². The number of allylic oxidation sites excluding steroid dienone is 5. The average Bonchev–Trinajstić information content (AvgIpc) is 2.32. The van der Waals surface area contributed by atoms with Gasteiger partial charge in [0.1, 0.15) is 0 Å². The summed E-state index contributed by atoms with van der Waals surface area (Å²) in [4.78, 5) is 0. The molecule has 0 aromatic rings. The van der Waals surface area contributed by atoms with Crippen LogP contribution < -0.4 is 0 Å². The molecule has 0 amide bonds. The summed E-state index contributed by atoms with van der Waals surface area (Å²) < 4.78 is 0. The van der Waals surface area contributed by atoms with Gasteiger partial charge in [0, 0.05) is 32.7 Å². The summed E-state index contributed by atoms with van der Waals surface area (Å²) in [5.41, 5.74) is 2.71. The molecule has 0 spiro atoms. The molecule has 1 saturated carbocycles. The molecule has 1 fully saturated rings. The van der Waals surface area contributed by atoms with E-state index in [-0.39, 0.29) is 32.7 Å². The molecular weight excluding hydrogens is 245 g/mol. The third kappa shape index (κ3) is 7.47. The molecule has 1 unspecified atom stereocenters. The van der Waals surface area contributed by atoms with Gasteiger partial charge in [0.05, 0.1) is 0 Å². The van der Waals surface area contributed by atoms with Crippen LogP contribution in [0.4, 0.5) is 0 Å². The van der Waals surface area contributed by atoms with Crippen LogP contribution in [-0.2, 0) is 32.7 Å².